The van der Waals surface area contributed by atoms with Gasteiger partial charge in [0.2, 0.25) is 0 Å². The molecule has 3 aliphatic heterocycles. The van der Waals surface area contributed by atoms with Crippen molar-refractivity contribution in [2.45, 2.75) is 50.5 Å². The molecule has 0 bridgehead atoms. The lowest BCUT2D eigenvalue weighted by Crippen LogP contribution is -2.35. The molecular weight excluding hydrogens is 364 g/mol. The van der Waals surface area contributed by atoms with Gasteiger partial charge in [0.1, 0.15) is 5.69 Å². The minimum atomic E-state index is -0.182. The molecule has 0 radical (unpaired) electrons. The average molecular weight is 387 g/mol. The van der Waals surface area contributed by atoms with E-state index in [0.29, 0.717) is 18.8 Å². The minimum Gasteiger partial charge on any atom is -0.369 e. The van der Waals surface area contributed by atoms with Crippen molar-refractivity contribution in [3.8, 4) is 10.6 Å². The zero-order chi connectivity index (χ0) is 18.3. The van der Waals surface area contributed by atoms with Crippen LogP contribution in [-0.4, -0.2) is 21.4 Å². The van der Waals surface area contributed by atoms with Crippen molar-refractivity contribution in [3.05, 3.63) is 56.8 Å². The van der Waals surface area contributed by atoms with Crippen molar-refractivity contribution in [3.63, 3.8) is 0 Å². The number of hydrogen-bond acceptors (Lipinski definition) is 5. The third-order valence-corrected chi connectivity index (χ3v) is 7.25. The second kappa shape index (κ2) is 6.83. The van der Waals surface area contributed by atoms with Gasteiger partial charge in [-0.3, -0.25) is 9.36 Å². The van der Waals surface area contributed by atoms with Gasteiger partial charge >= 0.3 is 0 Å². The highest BCUT2D eigenvalue weighted by Crippen LogP contribution is 2.40. The molecule has 6 heteroatoms. The number of benzene rings is 1. The smallest absolute Gasteiger partial charge is 0.279 e. The van der Waals surface area contributed by atoms with E-state index in [1.807, 2.05) is 29.0 Å². The van der Waals surface area contributed by atoms with Crippen molar-refractivity contribution in [2.24, 2.45) is 0 Å². The maximum Gasteiger partial charge on any atom is 0.279 e. The van der Waals surface area contributed by atoms with Gasteiger partial charge in [-0.05, 0) is 25.2 Å². The van der Waals surface area contributed by atoms with Gasteiger partial charge < -0.3 is 4.74 Å². The van der Waals surface area contributed by atoms with E-state index in [9.17, 15) is 4.79 Å². The lowest BCUT2D eigenvalue weighted by atomic mass is 9.94. The molecule has 3 aliphatic rings. The van der Waals surface area contributed by atoms with Crippen molar-refractivity contribution >= 4 is 23.1 Å². The number of thioether (sulfide) groups is 1. The molecule has 0 amide bonds. The van der Waals surface area contributed by atoms with Crippen LogP contribution >= 0.6 is 23.1 Å². The zero-order valence-corrected chi connectivity index (χ0v) is 16.9. The van der Waals surface area contributed by atoms with Gasteiger partial charge in [-0.2, -0.15) is 0 Å². The Morgan fingerprint density at radius 2 is 2.12 bits per heavy atom. The number of rotatable bonds is 4. The van der Waals surface area contributed by atoms with E-state index in [-0.39, 0.29) is 11.2 Å². The van der Waals surface area contributed by atoms with Gasteiger partial charge in [-0.25, -0.2) is 4.98 Å². The van der Waals surface area contributed by atoms with Gasteiger partial charge in [0.15, 0.2) is 0 Å². The summed E-state index contributed by atoms with van der Waals surface area (Å²) in [6, 6.07) is 10.1. The third-order valence-electron chi connectivity index (χ3n) is 5.11. The van der Waals surface area contributed by atoms with Crippen LogP contribution in [0, 0.1) is 0 Å². The molecule has 0 aromatic heterocycles. The lowest BCUT2D eigenvalue weighted by Gasteiger charge is -2.33. The van der Waals surface area contributed by atoms with Gasteiger partial charge in [-0.15, -0.1) is 23.1 Å². The molecule has 136 valence electrons. The van der Waals surface area contributed by atoms with E-state index >= 15 is 0 Å². The first-order valence-electron chi connectivity index (χ1n) is 8.81. The summed E-state index contributed by atoms with van der Waals surface area (Å²) in [5.74, 6) is 0. The van der Waals surface area contributed by atoms with E-state index in [1.54, 1.807) is 23.1 Å². The van der Waals surface area contributed by atoms with E-state index < -0.39 is 0 Å². The Morgan fingerprint density at radius 1 is 1.35 bits per heavy atom. The topological polar surface area (TPSA) is 44.1 Å². The molecule has 1 atom stereocenters. The minimum absolute atomic E-state index is 0.0111. The summed E-state index contributed by atoms with van der Waals surface area (Å²) in [5, 5.41) is 0.998. The van der Waals surface area contributed by atoms with Crippen molar-refractivity contribution in [2.75, 3.05) is 6.26 Å². The van der Waals surface area contributed by atoms with Crippen molar-refractivity contribution in [1.29, 1.82) is 0 Å². The van der Waals surface area contributed by atoms with E-state index in [1.165, 1.54) is 0 Å². The Hall–Kier alpha value is -1.63. The number of hydrogen-bond donors (Lipinski definition) is 0. The average Bonchev–Trinajstić information content (AvgIpc) is 2.92. The highest BCUT2D eigenvalue weighted by molar-refractivity contribution is 7.98. The lowest BCUT2D eigenvalue weighted by molar-refractivity contribution is -0.0559. The number of aromatic nitrogens is 2. The quantitative estimate of drug-likeness (QED) is 0.623. The first-order chi connectivity index (χ1) is 12.5. The largest absolute Gasteiger partial charge is 0.369 e. The molecule has 3 heterocycles. The molecule has 0 N–H and O–H groups in total. The first-order valence-corrected chi connectivity index (χ1v) is 10.9. The van der Waals surface area contributed by atoms with Crippen LogP contribution in [-0.2, 0) is 24.3 Å². The van der Waals surface area contributed by atoms with Crippen LogP contribution < -0.4 is 5.56 Å². The Labute approximate surface area is 161 Å². The summed E-state index contributed by atoms with van der Waals surface area (Å²) >= 11 is 3.28. The standard InChI is InChI=1S/C20H22N2O2S2/c1-4-20(2)10-14-15(12-24-20)26-17-16(21-14)18(23)22(19(17)25-3)11-13-8-6-5-7-9-13/h5-9H,4,10-12H2,1-3H3. The fourth-order valence-electron chi connectivity index (χ4n) is 3.35. The molecule has 26 heavy (non-hydrogen) atoms. The molecule has 4 rings (SSSR count). The summed E-state index contributed by atoms with van der Waals surface area (Å²) in [4.78, 5) is 20.0. The number of fused-ring (bicyclic) bond motifs is 2. The molecule has 0 fully saturated rings. The second-order valence-corrected chi connectivity index (χ2v) is 8.82. The summed E-state index contributed by atoms with van der Waals surface area (Å²) in [6.45, 7) is 5.42. The summed E-state index contributed by atoms with van der Waals surface area (Å²) in [7, 11) is 0. The molecule has 0 aliphatic carbocycles. The molecular formula is C20H22N2O2S2. The van der Waals surface area contributed by atoms with Gasteiger partial charge in [-0.1, -0.05) is 37.3 Å². The van der Waals surface area contributed by atoms with Crippen LogP contribution in [0.2, 0.25) is 0 Å². The number of nitrogens with zero attached hydrogens (tertiary/aromatic N) is 2. The van der Waals surface area contributed by atoms with Crippen LogP contribution in [0.25, 0.3) is 10.6 Å². The van der Waals surface area contributed by atoms with Crippen LogP contribution in [0.15, 0.2) is 40.2 Å². The van der Waals surface area contributed by atoms with Crippen molar-refractivity contribution in [1.82, 2.24) is 9.55 Å². The normalized spacial score (nSPS) is 19.7. The SMILES string of the molecule is CCC1(C)Cc2nc3c(=O)n(Cc4ccccc4)c(SC)c-3sc2CO1. The van der Waals surface area contributed by atoms with Gasteiger partial charge in [0.25, 0.3) is 5.56 Å². The maximum atomic E-state index is 13.1. The van der Waals surface area contributed by atoms with E-state index in [4.69, 9.17) is 9.72 Å². The molecule has 0 saturated carbocycles. The Kier molecular flexibility index (Phi) is 4.67. The molecule has 1 aromatic carbocycles. The molecule has 4 nitrogen and oxygen atoms in total. The molecule has 1 aromatic rings. The summed E-state index contributed by atoms with van der Waals surface area (Å²) in [5.41, 5.74) is 2.58. The molecule has 0 spiro atoms. The Balaban J connectivity index is 1.84. The second-order valence-electron chi connectivity index (χ2n) is 6.92. The highest BCUT2D eigenvalue weighted by Gasteiger charge is 2.33. The summed E-state index contributed by atoms with van der Waals surface area (Å²) in [6.07, 6.45) is 3.72. The Bertz CT molecular complexity index is 964. The number of ether oxygens (including phenoxy) is 1. The fraction of sp³-hybridized carbons (Fsp3) is 0.400. The molecule has 0 saturated heterocycles. The fourth-order valence-corrected chi connectivity index (χ4v) is 5.40. The van der Waals surface area contributed by atoms with Crippen LogP contribution in [0.3, 0.4) is 0 Å². The predicted molar refractivity (Wildman–Crippen MR) is 108 cm³/mol. The van der Waals surface area contributed by atoms with E-state index in [2.05, 4.69) is 26.0 Å². The van der Waals surface area contributed by atoms with Crippen molar-refractivity contribution < 1.29 is 4.74 Å². The van der Waals surface area contributed by atoms with Gasteiger partial charge in [0.05, 0.1) is 39.2 Å². The van der Waals surface area contributed by atoms with Crippen LogP contribution in [0.4, 0.5) is 0 Å². The molecule has 1 unspecified atom stereocenters. The first kappa shape index (κ1) is 17.8. The highest BCUT2D eigenvalue weighted by atomic mass is 32.2. The van der Waals surface area contributed by atoms with Gasteiger partial charge in [0, 0.05) is 6.42 Å². The predicted octanol–water partition coefficient (Wildman–Crippen LogP) is 4.42. The monoisotopic (exact) mass is 386 g/mol. The van der Waals surface area contributed by atoms with Crippen LogP contribution in [0.1, 0.15) is 36.4 Å². The maximum absolute atomic E-state index is 13.1. The summed E-state index contributed by atoms with van der Waals surface area (Å²) < 4.78 is 7.94. The van der Waals surface area contributed by atoms with E-state index in [0.717, 1.165) is 38.9 Å². The third kappa shape index (κ3) is 3.00. The van der Waals surface area contributed by atoms with Crippen LogP contribution in [0.5, 0.6) is 0 Å². The Morgan fingerprint density at radius 3 is 2.81 bits per heavy atom. The zero-order valence-electron chi connectivity index (χ0n) is 15.2.